The molecule has 0 bridgehead atoms. The first-order valence-corrected chi connectivity index (χ1v) is 6.68. The molecular weight excluding hydrogens is 264 g/mol. The Labute approximate surface area is 124 Å². The van der Waals surface area contributed by atoms with Gasteiger partial charge in [-0.25, -0.2) is 0 Å². The van der Waals surface area contributed by atoms with Crippen LogP contribution in [0.15, 0.2) is 42.5 Å². The van der Waals surface area contributed by atoms with Gasteiger partial charge in [0.15, 0.2) is 5.78 Å². The van der Waals surface area contributed by atoms with Crippen LogP contribution >= 0.6 is 0 Å². The number of hydrogen-bond acceptors (Lipinski definition) is 3. The Kier molecular flexibility index (Phi) is 4.43. The number of rotatable bonds is 4. The SMILES string of the molecule is COc1ccc(/C=C/C(=O)c2cc(C)c(C)cc2O)cc1. The molecule has 0 saturated carbocycles. The summed E-state index contributed by atoms with van der Waals surface area (Å²) < 4.78 is 5.08. The lowest BCUT2D eigenvalue weighted by Crippen LogP contribution is -1.97. The first-order chi connectivity index (χ1) is 10.0. The van der Waals surface area contributed by atoms with Gasteiger partial charge in [0.25, 0.3) is 0 Å². The van der Waals surface area contributed by atoms with Gasteiger partial charge in [0, 0.05) is 0 Å². The summed E-state index contributed by atoms with van der Waals surface area (Å²) in [7, 11) is 1.61. The highest BCUT2D eigenvalue weighted by atomic mass is 16.5. The molecule has 2 aromatic carbocycles. The summed E-state index contributed by atoms with van der Waals surface area (Å²) in [4.78, 5) is 12.2. The van der Waals surface area contributed by atoms with Gasteiger partial charge in [0.05, 0.1) is 12.7 Å². The highest BCUT2D eigenvalue weighted by Crippen LogP contribution is 2.23. The zero-order chi connectivity index (χ0) is 15.4. The van der Waals surface area contributed by atoms with Crippen LogP contribution < -0.4 is 4.74 Å². The van der Waals surface area contributed by atoms with E-state index in [2.05, 4.69) is 0 Å². The van der Waals surface area contributed by atoms with Crippen molar-refractivity contribution in [2.45, 2.75) is 13.8 Å². The number of methoxy groups -OCH3 is 1. The molecule has 0 saturated heterocycles. The first-order valence-electron chi connectivity index (χ1n) is 6.68. The Morgan fingerprint density at radius 3 is 2.33 bits per heavy atom. The summed E-state index contributed by atoms with van der Waals surface area (Å²) in [5, 5.41) is 9.88. The van der Waals surface area contributed by atoms with Crippen molar-refractivity contribution in [3.05, 3.63) is 64.7 Å². The lowest BCUT2D eigenvalue weighted by molar-refractivity contribution is 0.104. The van der Waals surface area contributed by atoms with Gasteiger partial charge >= 0.3 is 0 Å². The summed E-state index contributed by atoms with van der Waals surface area (Å²) in [5.41, 5.74) is 3.16. The second kappa shape index (κ2) is 6.27. The van der Waals surface area contributed by atoms with E-state index in [1.54, 1.807) is 25.3 Å². The van der Waals surface area contributed by atoms with E-state index in [0.717, 1.165) is 22.4 Å². The lowest BCUT2D eigenvalue weighted by atomic mass is 10.0. The van der Waals surface area contributed by atoms with Crippen LogP contribution in [0.2, 0.25) is 0 Å². The summed E-state index contributed by atoms with van der Waals surface area (Å²) in [6.45, 7) is 3.81. The third-order valence-electron chi connectivity index (χ3n) is 3.42. The number of benzene rings is 2. The Balaban J connectivity index is 2.20. The zero-order valence-electron chi connectivity index (χ0n) is 12.4. The Hall–Kier alpha value is -2.55. The van der Waals surface area contributed by atoms with Crippen LogP contribution in [0.25, 0.3) is 6.08 Å². The van der Waals surface area contributed by atoms with Crippen molar-refractivity contribution in [1.29, 1.82) is 0 Å². The largest absolute Gasteiger partial charge is 0.507 e. The van der Waals surface area contributed by atoms with Gasteiger partial charge in [0.1, 0.15) is 11.5 Å². The van der Waals surface area contributed by atoms with Crippen LogP contribution in [0.4, 0.5) is 0 Å². The minimum Gasteiger partial charge on any atom is -0.507 e. The first kappa shape index (κ1) is 14.9. The normalized spacial score (nSPS) is 10.8. The van der Waals surface area contributed by atoms with Gasteiger partial charge < -0.3 is 9.84 Å². The van der Waals surface area contributed by atoms with Crippen LogP contribution in [0.3, 0.4) is 0 Å². The highest BCUT2D eigenvalue weighted by molar-refractivity contribution is 6.08. The smallest absolute Gasteiger partial charge is 0.189 e. The number of ketones is 1. The average molecular weight is 282 g/mol. The number of phenolic OH excluding ortho intramolecular Hbond substituents is 1. The van der Waals surface area contributed by atoms with E-state index in [9.17, 15) is 9.90 Å². The maximum Gasteiger partial charge on any atom is 0.189 e. The fourth-order valence-electron chi connectivity index (χ4n) is 1.98. The predicted molar refractivity (Wildman–Crippen MR) is 83.9 cm³/mol. The molecule has 0 unspecified atom stereocenters. The minimum atomic E-state index is -0.216. The van der Waals surface area contributed by atoms with Gasteiger partial charge in [-0.3, -0.25) is 4.79 Å². The van der Waals surface area contributed by atoms with E-state index >= 15 is 0 Å². The zero-order valence-corrected chi connectivity index (χ0v) is 12.4. The second-order valence-electron chi connectivity index (χ2n) is 4.92. The molecule has 0 aromatic heterocycles. The van der Waals surface area contributed by atoms with Crippen molar-refractivity contribution < 1.29 is 14.6 Å². The summed E-state index contributed by atoms with van der Waals surface area (Å²) in [5.74, 6) is 0.569. The second-order valence-corrected chi connectivity index (χ2v) is 4.92. The Bertz CT molecular complexity index is 682. The molecule has 0 aliphatic carbocycles. The number of ether oxygens (including phenoxy) is 1. The number of hydrogen-bond donors (Lipinski definition) is 1. The molecule has 108 valence electrons. The van der Waals surface area contributed by atoms with Gasteiger partial charge in [-0.05, 0) is 60.9 Å². The van der Waals surface area contributed by atoms with Crippen molar-refractivity contribution >= 4 is 11.9 Å². The number of aromatic hydroxyl groups is 1. The van der Waals surface area contributed by atoms with Gasteiger partial charge in [-0.2, -0.15) is 0 Å². The number of allylic oxidation sites excluding steroid dienone is 1. The summed E-state index contributed by atoms with van der Waals surface area (Å²) >= 11 is 0. The molecule has 0 atom stereocenters. The molecule has 3 heteroatoms. The van der Waals surface area contributed by atoms with E-state index < -0.39 is 0 Å². The van der Waals surface area contributed by atoms with Gasteiger partial charge in [0.2, 0.25) is 0 Å². The lowest BCUT2D eigenvalue weighted by Gasteiger charge is -2.05. The number of carbonyl (C=O) groups excluding carboxylic acids is 1. The van der Waals surface area contributed by atoms with Crippen molar-refractivity contribution in [3.8, 4) is 11.5 Å². The maximum atomic E-state index is 12.2. The van der Waals surface area contributed by atoms with Crippen molar-refractivity contribution in [1.82, 2.24) is 0 Å². The molecule has 0 radical (unpaired) electrons. The van der Waals surface area contributed by atoms with Crippen LogP contribution in [0.5, 0.6) is 11.5 Å². The molecule has 2 rings (SSSR count). The van der Waals surface area contributed by atoms with Crippen molar-refractivity contribution in [2.75, 3.05) is 7.11 Å². The van der Waals surface area contributed by atoms with Crippen LogP contribution in [0.1, 0.15) is 27.0 Å². The number of phenols is 1. The molecule has 21 heavy (non-hydrogen) atoms. The standard InChI is InChI=1S/C18H18O3/c1-12-10-16(18(20)11-13(12)2)17(19)9-6-14-4-7-15(21-3)8-5-14/h4-11,20H,1-3H3/b9-6+. The summed E-state index contributed by atoms with van der Waals surface area (Å²) in [6, 6.07) is 10.7. The molecule has 0 heterocycles. The quantitative estimate of drug-likeness (QED) is 0.683. The molecular formula is C18H18O3. The fraction of sp³-hybridized carbons (Fsp3) is 0.167. The molecule has 0 fully saturated rings. The molecule has 2 aromatic rings. The van der Waals surface area contributed by atoms with Crippen LogP contribution in [-0.4, -0.2) is 18.0 Å². The van der Waals surface area contributed by atoms with E-state index in [4.69, 9.17) is 4.74 Å². The monoisotopic (exact) mass is 282 g/mol. The third kappa shape index (κ3) is 3.51. The maximum absolute atomic E-state index is 12.2. The van der Waals surface area contributed by atoms with Gasteiger partial charge in [-0.1, -0.05) is 18.2 Å². The van der Waals surface area contributed by atoms with Crippen molar-refractivity contribution in [3.63, 3.8) is 0 Å². The molecule has 0 aliphatic heterocycles. The molecule has 3 nitrogen and oxygen atoms in total. The highest BCUT2D eigenvalue weighted by Gasteiger charge is 2.10. The Morgan fingerprint density at radius 1 is 1.10 bits per heavy atom. The average Bonchev–Trinajstić information content (AvgIpc) is 2.49. The number of carbonyl (C=O) groups is 1. The van der Waals surface area contributed by atoms with Crippen molar-refractivity contribution in [2.24, 2.45) is 0 Å². The minimum absolute atomic E-state index is 0.0162. The van der Waals surface area contributed by atoms with Gasteiger partial charge in [-0.15, -0.1) is 0 Å². The summed E-state index contributed by atoms with van der Waals surface area (Å²) in [6.07, 6.45) is 3.18. The molecule has 1 N–H and O–H groups in total. The molecule has 0 amide bonds. The Morgan fingerprint density at radius 2 is 1.71 bits per heavy atom. The van der Waals surface area contributed by atoms with E-state index in [-0.39, 0.29) is 11.5 Å². The van der Waals surface area contributed by atoms with E-state index in [1.807, 2.05) is 38.1 Å². The predicted octanol–water partition coefficient (Wildman–Crippen LogP) is 3.91. The van der Waals surface area contributed by atoms with Crippen LogP contribution in [-0.2, 0) is 0 Å². The number of aryl methyl sites for hydroxylation is 2. The van der Waals surface area contributed by atoms with Crippen LogP contribution in [0, 0.1) is 13.8 Å². The van der Waals surface area contributed by atoms with E-state index in [0.29, 0.717) is 5.56 Å². The fourth-order valence-corrected chi connectivity index (χ4v) is 1.98. The molecule has 0 aliphatic rings. The van der Waals surface area contributed by atoms with E-state index in [1.165, 1.54) is 6.08 Å². The third-order valence-corrected chi connectivity index (χ3v) is 3.42. The molecule has 0 spiro atoms. The topological polar surface area (TPSA) is 46.5 Å².